The molecule has 1 aromatic rings. The predicted octanol–water partition coefficient (Wildman–Crippen LogP) is 3.75. The maximum atomic E-state index is 11.5. The Balaban J connectivity index is 2.95. The smallest absolute Gasteiger partial charge is 0.306 e. The average molecular weight is 358 g/mol. The predicted molar refractivity (Wildman–Crippen MR) is 87.4 cm³/mol. The van der Waals surface area contributed by atoms with E-state index < -0.39 is 0 Å². The molecular weight excluding hydrogens is 334 g/mol. The summed E-state index contributed by atoms with van der Waals surface area (Å²) in [7, 11) is 3.04. The summed E-state index contributed by atoms with van der Waals surface area (Å²) in [5.74, 6) is 0.557. The lowest BCUT2D eigenvalue weighted by molar-refractivity contribution is -0.143. The van der Waals surface area contributed by atoms with Crippen molar-refractivity contribution in [2.75, 3.05) is 14.2 Å². The van der Waals surface area contributed by atoms with Crippen molar-refractivity contribution in [3.8, 4) is 5.75 Å². The molecule has 118 valence electrons. The Morgan fingerprint density at radius 2 is 2.00 bits per heavy atom. The Hall–Kier alpha value is -1.07. The van der Waals surface area contributed by atoms with E-state index in [-0.39, 0.29) is 17.4 Å². The number of aryl methyl sites for hydroxylation is 1. The van der Waals surface area contributed by atoms with E-state index in [0.29, 0.717) is 12.8 Å². The first-order valence-corrected chi connectivity index (χ1v) is 7.66. The Bertz CT molecular complexity index is 514. The van der Waals surface area contributed by atoms with Crippen LogP contribution < -0.4 is 10.5 Å². The highest BCUT2D eigenvalue weighted by molar-refractivity contribution is 9.10. The molecule has 2 N–H and O–H groups in total. The maximum Gasteiger partial charge on any atom is 0.306 e. The van der Waals surface area contributed by atoms with Crippen molar-refractivity contribution in [3.05, 3.63) is 27.7 Å². The molecule has 1 atom stereocenters. The zero-order valence-corrected chi connectivity index (χ0v) is 14.9. The van der Waals surface area contributed by atoms with Crippen molar-refractivity contribution in [2.45, 2.75) is 39.7 Å². The van der Waals surface area contributed by atoms with Gasteiger partial charge in [0.1, 0.15) is 5.75 Å². The van der Waals surface area contributed by atoms with E-state index in [0.717, 1.165) is 21.3 Å². The fourth-order valence-electron chi connectivity index (χ4n) is 2.38. The van der Waals surface area contributed by atoms with Crippen LogP contribution in [0.5, 0.6) is 5.75 Å². The van der Waals surface area contributed by atoms with Gasteiger partial charge in [-0.25, -0.2) is 0 Å². The highest BCUT2D eigenvalue weighted by Crippen LogP contribution is 2.37. The molecule has 0 fully saturated rings. The third kappa shape index (κ3) is 5.00. The van der Waals surface area contributed by atoms with E-state index >= 15 is 0 Å². The average Bonchev–Trinajstić information content (AvgIpc) is 2.39. The third-order valence-corrected chi connectivity index (χ3v) is 4.39. The second kappa shape index (κ2) is 7.27. The molecule has 0 saturated carbocycles. The number of ether oxygens (including phenoxy) is 2. The SMILES string of the molecule is COC(=O)CC(C)(C)CC(N)c1cc(Br)c(C)cc1OC. The highest BCUT2D eigenvalue weighted by atomic mass is 79.9. The van der Waals surface area contributed by atoms with Crippen molar-refractivity contribution in [3.63, 3.8) is 0 Å². The molecule has 0 radical (unpaired) electrons. The van der Waals surface area contributed by atoms with Gasteiger partial charge in [0.25, 0.3) is 0 Å². The summed E-state index contributed by atoms with van der Waals surface area (Å²) >= 11 is 3.52. The molecule has 1 aromatic carbocycles. The van der Waals surface area contributed by atoms with Crippen molar-refractivity contribution >= 4 is 21.9 Å². The number of nitrogens with two attached hydrogens (primary N) is 1. The number of hydrogen-bond donors (Lipinski definition) is 1. The normalized spacial score (nSPS) is 12.9. The molecule has 4 nitrogen and oxygen atoms in total. The topological polar surface area (TPSA) is 61.5 Å². The first kappa shape index (κ1) is 18.0. The molecule has 0 aromatic heterocycles. The maximum absolute atomic E-state index is 11.5. The second-order valence-electron chi connectivity index (χ2n) is 6.07. The number of carbonyl (C=O) groups excluding carboxylic acids is 1. The molecule has 0 heterocycles. The number of rotatable bonds is 6. The molecular formula is C16H24BrNO3. The molecule has 0 amide bonds. The monoisotopic (exact) mass is 357 g/mol. The van der Waals surface area contributed by atoms with Gasteiger partial charge in [0.15, 0.2) is 0 Å². The molecule has 1 unspecified atom stereocenters. The van der Waals surface area contributed by atoms with E-state index in [2.05, 4.69) is 15.9 Å². The molecule has 21 heavy (non-hydrogen) atoms. The molecule has 5 heteroatoms. The Morgan fingerprint density at radius 3 is 2.52 bits per heavy atom. The van der Waals surface area contributed by atoms with Crippen LogP contribution in [-0.2, 0) is 9.53 Å². The summed E-state index contributed by atoms with van der Waals surface area (Å²) in [6.07, 6.45) is 1.00. The molecule has 0 aliphatic rings. The summed E-state index contributed by atoms with van der Waals surface area (Å²) < 4.78 is 11.2. The largest absolute Gasteiger partial charge is 0.496 e. The molecule has 0 spiro atoms. The van der Waals surface area contributed by atoms with Crippen molar-refractivity contribution in [2.24, 2.45) is 11.1 Å². The van der Waals surface area contributed by atoms with Crippen molar-refractivity contribution < 1.29 is 14.3 Å². The summed E-state index contributed by atoms with van der Waals surface area (Å²) in [4.78, 5) is 11.5. The van der Waals surface area contributed by atoms with E-state index in [1.54, 1.807) is 7.11 Å². The fraction of sp³-hybridized carbons (Fsp3) is 0.562. The van der Waals surface area contributed by atoms with Crippen molar-refractivity contribution in [1.29, 1.82) is 0 Å². The van der Waals surface area contributed by atoms with E-state index in [1.165, 1.54) is 7.11 Å². The fourth-order valence-corrected chi connectivity index (χ4v) is 2.74. The summed E-state index contributed by atoms with van der Waals surface area (Å²) in [6, 6.07) is 3.75. The van der Waals surface area contributed by atoms with Crippen LogP contribution in [0.4, 0.5) is 0 Å². The van der Waals surface area contributed by atoms with Crippen LogP contribution >= 0.6 is 15.9 Å². The van der Waals surface area contributed by atoms with Crippen LogP contribution in [0.2, 0.25) is 0 Å². The van der Waals surface area contributed by atoms with Gasteiger partial charge in [0, 0.05) is 16.1 Å². The highest BCUT2D eigenvalue weighted by Gasteiger charge is 2.27. The third-order valence-electron chi connectivity index (χ3n) is 3.53. The Morgan fingerprint density at radius 1 is 1.38 bits per heavy atom. The number of benzene rings is 1. The molecule has 0 bridgehead atoms. The molecule has 1 rings (SSSR count). The summed E-state index contributed by atoms with van der Waals surface area (Å²) in [5.41, 5.74) is 8.13. The standard InChI is InChI=1S/C16H24BrNO3/c1-10-6-14(20-4)11(7-12(10)17)13(18)8-16(2,3)9-15(19)21-5/h6-7,13H,8-9,18H2,1-5H3. The van der Waals surface area contributed by atoms with Crippen LogP contribution in [0.15, 0.2) is 16.6 Å². The number of halogens is 1. The lowest BCUT2D eigenvalue weighted by atomic mass is 9.81. The first-order chi connectivity index (χ1) is 9.70. The van der Waals surface area contributed by atoms with Gasteiger partial charge in [-0.15, -0.1) is 0 Å². The van der Waals surface area contributed by atoms with Crippen LogP contribution in [0.25, 0.3) is 0 Å². The van der Waals surface area contributed by atoms with Crippen LogP contribution in [0, 0.1) is 12.3 Å². The van der Waals surface area contributed by atoms with Gasteiger partial charge < -0.3 is 15.2 Å². The minimum atomic E-state index is -0.241. The van der Waals surface area contributed by atoms with Gasteiger partial charge in [0.05, 0.1) is 20.6 Å². The molecule has 0 aliphatic heterocycles. The van der Waals surface area contributed by atoms with Crippen LogP contribution in [-0.4, -0.2) is 20.2 Å². The van der Waals surface area contributed by atoms with Gasteiger partial charge >= 0.3 is 5.97 Å². The number of methoxy groups -OCH3 is 2. The summed E-state index contributed by atoms with van der Waals surface area (Å²) in [5, 5.41) is 0. The number of carbonyl (C=O) groups is 1. The Kier molecular flexibility index (Phi) is 6.23. The van der Waals surface area contributed by atoms with Gasteiger partial charge in [-0.3, -0.25) is 4.79 Å². The van der Waals surface area contributed by atoms with Crippen molar-refractivity contribution in [1.82, 2.24) is 0 Å². The van der Waals surface area contributed by atoms with Gasteiger partial charge in [-0.2, -0.15) is 0 Å². The van der Waals surface area contributed by atoms with E-state index in [4.69, 9.17) is 15.2 Å². The lowest BCUT2D eigenvalue weighted by Crippen LogP contribution is -2.25. The van der Waals surface area contributed by atoms with Crippen LogP contribution in [0.1, 0.15) is 43.9 Å². The number of hydrogen-bond acceptors (Lipinski definition) is 4. The first-order valence-electron chi connectivity index (χ1n) is 6.86. The Labute approximate surface area is 135 Å². The van der Waals surface area contributed by atoms with E-state index in [1.807, 2.05) is 32.9 Å². The molecule has 0 saturated heterocycles. The van der Waals surface area contributed by atoms with Gasteiger partial charge in [-0.05, 0) is 36.5 Å². The molecule has 0 aliphatic carbocycles. The summed E-state index contributed by atoms with van der Waals surface area (Å²) in [6.45, 7) is 6.03. The zero-order valence-electron chi connectivity index (χ0n) is 13.3. The lowest BCUT2D eigenvalue weighted by Gasteiger charge is -2.28. The minimum absolute atomic E-state index is 0.212. The van der Waals surface area contributed by atoms with Crippen LogP contribution in [0.3, 0.4) is 0 Å². The zero-order chi connectivity index (χ0) is 16.2. The minimum Gasteiger partial charge on any atom is -0.496 e. The second-order valence-corrected chi connectivity index (χ2v) is 6.93. The van der Waals surface area contributed by atoms with Gasteiger partial charge in [0.2, 0.25) is 0 Å². The van der Waals surface area contributed by atoms with Gasteiger partial charge in [-0.1, -0.05) is 29.8 Å². The quantitative estimate of drug-likeness (QED) is 0.787. The number of esters is 1. The van der Waals surface area contributed by atoms with E-state index in [9.17, 15) is 4.79 Å².